The van der Waals surface area contributed by atoms with E-state index in [1.165, 1.54) is 0 Å². The van der Waals surface area contributed by atoms with Crippen molar-refractivity contribution in [1.29, 1.82) is 0 Å². The number of carbonyl (C=O) groups excluding carboxylic acids is 2. The minimum atomic E-state index is -0.140. The van der Waals surface area contributed by atoms with Crippen LogP contribution in [0.2, 0.25) is 0 Å². The first-order chi connectivity index (χ1) is 13.9. The number of piperazine rings is 1. The van der Waals surface area contributed by atoms with Gasteiger partial charge < -0.3 is 19.6 Å². The number of hydrogen-bond donors (Lipinski definition) is 1. The van der Waals surface area contributed by atoms with Gasteiger partial charge in [-0.15, -0.1) is 0 Å². The van der Waals surface area contributed by atoms with Gasteiger partial charge in [-0.3, -0.25) is 14.5 Å². The van der Waals surface area contributed by atoms with Crippen LogP contribution in [0.15, 0.2) is 40.9 Å². The third-order valence-electron chi connectivity index (χ3n) is 4.77. The molecule has 0 atom stereocenters. The Labute approximate surface area is 170 Å². The summed E-state index contributed by atoms with van der Waals surface area (Å²) in [5.41, 5.74) is 2.11. The quantitative estimate of drug-likeness (QED) is 0.749. The largest absolute Gasteiger partial charge is 0.378 e. The van der Waals surface area contributed by atoms with Crippen molar-refractivity contribution in [1.82, 2.24) is 15.0 Å². The predicted octanol–water partition coefficient (Wildman–Crippen LogP) is 1.85. The summed E-state index contributed by atoms with van der Waals surface area (Å²) >= 11 is 0. The summed E-state index contributed by atoms with van der Waals surface area (Å²) in [6.07, 6.45) is 3.45. The molecular formula is C21H27N5O3. The molecule has 1 fully saturated rings. The van der Waals surface area contributed by atoms with Crippen LogP contribution in [0.3, 0.4) is 0 Å². The molecule has 1 aliphatic rings. The highest BCUT2D eigenvalue weighted by Crippen LogP contribution is 2.13. The lowest BCUT2D eigenvalue weighted by atomic mass is 10.2. The lowest BCUT2D eigenvalue weighted by molar-refractivity contribution is -0.127. The summed E-state index contributed by atoms with van der Waals surface area (Å²) in [5, 5.41) is 6.47. The zero-order valence-corrected chi connectivity index (χ0v) is 17.1. The van der Waals surface area contributed by atoms with Crippen LogP contribution in [0, 0.1) is 6.92 Å². The van der Waals surface area contributed by atoms with Crippen LogP contribution in [0.1, 0.15) is 11.3 Å². The number of aromatic nitrogens is 1. The first-order valence-electron chi connectivity index (χ1n) is 9.60. The van der Waals surface area contributed by atoms with E-state index in [-0.39, 0.29) is 18.4 Å². The number of aryl methyl sites for hydroxylation is 1. The van der Waals surface area contributed by atoms with E-state index in [9.17, 15) is 9.59 Å². The Kier molecular flexibility index (Phi) is 6.66. The van der Waals surface area contributed by atoms with Crippen molar-refractivity contribution in [2.75, 3.05) is 57.0 Å². The molecule has 0 unspecified atom stereocenters. The molecule has 8 nitrogen and oxygen atoms in total. The normalized spacial score (nSPS) is 14.9. The molecule has 0 radical (unpaired) electrons. The number of benzene rings is 1. The smallest absolute Gasteiger partial charge is 0.246 e. The highest BCUT2D eigenvalue weighted by molar-refractivity contribution is 5.92. The Morgan fingerprint density at radius 3 is 2.45 bits per heavy atom. The van der Waals surface area contributed by atoms with E-state index in [2.05, 4.69) is 10.5 Å². The van der Waals surface area contributed by atoms with Gasteiger partial charge in [-0.1, -0.05) is 17.3 Å². The second-order valence-corrected chi connectivity index (χ2v) is 7.29. The zero-order chi connectivity index (χ0) is 20.8. The van der Waals surface area contributed by atoms with Crippen LogP contribution < -0.4 is 10.2 Å². The van der Waals surface area contributed by atoms with Gasteiger partial charge >= 0.3 is 0 Å². The minimum absolute atomic E-state index is 0.0103. The monoisotopic (exact) mass is 397 g/mol. The standard InChI is InChI=1S/C21H27N5O3/c1-16-14-19(23-29-16)22-20(27)15-25-10-12-26(13-11-25)21(28)9-6-17-4-7-18(8-5-17)24(2)3/h4-9,14H,10-13,15H2,1-3H3,(H,22,23,27). The fraction of sp³-hybridized carbons (Fsp3) is 0.381. The third kappa shape index (κ3) is 5.92. The van der Waals surface area contributed by atoms with Gasteiger partial charge in [0.05, 0.1) is 6.54 Å². The summed E-state index contributed by atoms with van der Waals surface area (Å²) in [7, 11) is 3.99. The molecule has 1 aliphatic heterocycles. The Morgan fingerprint density at radius 2 is 1.86 bits per heavy atom. The van der Waals surface area contributed by atoms with Crippen LogP contribution >= 0.6 is 0 Å². The van der Waals surface area contributed by atoms with Crippen molar-refractivity contribution in [3.8, 4) is 0 Å². The summed E-state index contributed by atoms with van der Waals surface area (Å²) in [6, 6.07) is 9.70. The predicted molar refractivity (Wildman–Crippen MR) is 113 cm³/mol. The number of carbonyl (C=O) groups is 2. The molecule has 1 N–H and O–H groups in total. The van der Waals surface area contributed by atoms with Gasteiger partial charge in [0.25, 0.3) is 0 Å². The number of nitrogens with one attached hydrogen (secondary N) is 1. The lowest BCUT2D eigenvalue weighted by Crippen LogP contribution is -2.50. The summed E-state index contributed by atoms with van der Waals surface area (Å²) in [4.78, 5) is 30.4. The molecule has 29 heavy (non-hydrogen) atoms. The summed E-state index contributed by atoms with van der Waals surface area (Å²) < 4.78 is 4.94. The van der Waals surface area contributed by atoms with E-state index >= 15 is 0 Å². The van der Waals surface area contributed by atoms with Crippen LogP contribution in [0.4, 0.5) is 11.5 Å². The SMILES string of the molecule is Cc1cc(NC(=O)CN2CCN(C(=O)C=Cc3ccc(N(C)C)cc3)CC2)no1. The molecular weight excluding hydrogens is 370 g/mol. The zero-order valence-electron chi connectivity index (χ0n) is 17.1. The Bertz CT molecular complexity index is 865. The van der Waals surface area contributed by atoms with Gasteiger partial charge in [0, 0.05) is 58.1 Å². The molecule has 0 bridgehead atoms. The minimum Gasteiger partial charge on any atom is -0.378 e. The van der Waals surface area contributed by atoms with Gasteiger partial charge in [0.2, 0.25) is 11.8 Å². The van der Waals surface area contributed by atoms with Crippen molar-refractivity contribution in [3.05, 3.63) is 47.7 Å². The lowest BCUT2D eigenvalue weighted by Gasteiger charge is -2.33. The Morgan fingerprint density at radius 1 is 1.17 bits per heavy atom. The van der Waals surface area contributed by atoms with Crippen LogP contribution in [-0.2, 0) is 9.59 Å². The number of nitrogens with zero attached hydrogens (tertiary/aromatic N) is 4. The molecule has 0 saturated carbocycles. The average molecular weight is 397 g/mol. The Balaban J connectivity index is 1.43. The number of hydrogen-bond acceptors (Lipinski definition) is 6. The maximum Gasteiger partial charge on any atom is 0.246 e. The molecule has 0 spiro atoms. The second kappa shape index (κ2) is 9.38. The first kappa shape index (κ1) is 20.6. The van der Waals surface area contributed by atoms with Crippen molar-refractivity contribution in [2.24, 2.45) is 0 Å². The van der Waals surface area contributed by atoms with E-state index in [4.69, 9.17) is 4.52 Å². The highest BCUT2D eigenvalue weighted by atomic mass is 16.5. The Hall–Kier alpha value is -3.13. The molecule has 1 aromatic heterocycles. The summed E-state index contributed by atoms with van der Waals surface area (Å²) in [5.74, 6) is 0.919. The van der Waals surface area contributed by atoms with Gasteiger partial charge in [-0.25, -0.2) is 0 Å². The molecule has 2 heterocycles. The van der Waals surface area contributed by atoms with Gasteiger partial charge in [-0.05, 0) is 30.7 Å². The van der Waals surface area contributed by atoms with Crippen molar-refractivity contribution >= 4 is 29.4 Å². The molecule has 154 valence electrons. The summed E-state index contributed by atoms with van der Waals surface area (Å²) in [6.45, 7) is 4.54. The van der Waals surface area contributed by atoms with Crippen molar-refractivity contribution in [2.45, 2.75) is 6.92 Å². The number of amides is 2. The molecule has 0 aliphatic carbocycles. The maximum atomic E-state index is 12.4. The molecule has 3 rings (SSSR count). The van der Waals surface area contributed by atoms with Crippen molar-refractivity contribution < 1.29 is 14.1 Å². The van der Waals surface area contributed by atoms with E-state index in [1.807, 2.05) is 54.2 Å². The third-order valence-corrected chi connectivity index (χ3v) is 4.77. The topological polar surface area (TPSA) is 81.9 Å². The van der Waals surface area contributed by atoms with Crippen LogP contribution in [-0.4, -0.2) is 73.6 Å². The molecule has 8 heteroatoms. The maximum absolute atomic E-state index is 12.4. The molecule has 1 saturated heterocycles. The highest BCUT2D eigenvalue weighted by Gasteiger charge is 2.21. The van der Waals surface area contributed by atoms with Crippen LogP contribution in [0.5, 0.6) is 0 Å². The molecule has 1 aromatic carbocycles. The molecule has 2 aromatic rings. The number of anilines is 2. The van der Waals surface area contributed by atoms with Crippen molar-refractivity contribution in [3.63, 3.8) is 0 Å². The van der Waals surface area contributed by atoms with E-state index in [0.29, 0.717) is 37.8 Å². The second-order valence-electron chi connectivity index (χ2n) is 7.29. The average Bonchev–Trinajstić information content (AvgIpc) is 3.11. The molecule has 2 amide bonds. The number of rotatable bonds is 6. The fourth-order valence-electron chi connectivity index (χ4n) is 3.09. The van der Waals surface area contributed by atoms with Crippen LogP contribution in [0.25, 0.3) is 6.08 Å². The van der Waals surface area contributed by atoms with Gasteiger partial charge in [0.1, 0.15) is 5.76 Å². The van der Waals surface area contributed by atoms with Gasteiger partial charge in [0.15, 0.2) is 5.82 Å². The fourth-order valence-corrected chi connectivity index (χ4v) is 3.09. The van der Waals surface area contributed by atoms with E-state index in [0.717, 1.165) is 11.3 Å². The van der Waals surface area contributed by atoms with E-state index < -0.39 is 0 Å². The van der Waals surface area contributed by atoms with E-state index in [1.54, 1.807) is 24.0 Å². The van der Waals surface area contributed by atoms with Gasteiger partial charge in [-0.2, -0.15) is 0 Å². The first-order valence-corrected chi connectivity index (χ1v) is 9.60.